The van der Waals surface area contributed by atoms with Crippen molar-refractivity contribution in [3.05, 3.63) is 45.7 Å². The second kappa shape index (κ2) is 7.79. The molecule has 5 nitrogen and oxygen atoms in total. The number of amides is 1. The number of hydrogen-bond donors (Lipinski definition) is 3. The predicted molar refractivity (Wildman–Crippen MR) is 90.9 cm³/mol. The van der Waals surface area contributed by atoms with E-state index < -0.39 is 0 Å². The fourth-order valence-electron chi connectivity index (χ4n) is 2.42. The Labute approximate surface area is 134 Å². The van der Waals surface area contributed by atoms with Gasteiger partial charge >= 0.3 is 0 Å². The molecule has 1 heterocycles. The summed E-state index contributed by atoms with van der Waals surface area (Å²) in [6.45, 7) is 1.97. The molecule has 1 aromatic heterocycles. The van der Waals surface area contributed by atoms with Gasteiger partial charge < -0.3 is 16.8 Å². The Balaban J connectivity index is 2.06. The summed E-state index contributed by atoms with van der Waals surface area (Å²) in [5, 5.41) is 3.37. The first kappa shape index (κ1) is 16.3. The van der Waals surface area contributed by atoms with Crippen LogP contribution in [0.15, 0.2) is 35.8 Å². The first-order valence-electron chi connectivity index (χ1n) is 7.42. The number of allylic oxidation sites excluding steroid dienone is 4. The minimum absolute atomic E-state index is 0.172. The number of nitrogens with one attached hydrogen (secondary N) is 1. The zero-order chi connectivity index (χ0) is 15.9. The summed E-state index contributed by atoms with van der Waals surface area (Å²) in [4.78, 5) is 17.2. The lowest BCUT2D eigenvalue weighted by Gasteiger charge is -2.17. The Morgan fingerprint density at radius 2 is 2.09 bits per heavy atom. The average Bonchev–Trinajstić information content (AvgIpc) is 3.03. The predicted octanol–water partition coefficient (Wildman–Crippen LogP) is 2.88. The van der Waals surface area contributed by atoms with Crippen LogP contribution in [0.4, 0.5) is 0 Å². The molecule has 0 bridgehead atoms. The van der Waals surface area contributed by atoms with E-state index in [2.05, 4.69) is 10.3 Å². The zero-order valence-corrected chi connectivity index (χ0v) is 13.6. The molecule has 0 radical (unpaired) electrons. The maximum absolute atomic E-state index is 12.3. The van der Waals surface area contributed by atoms with Crippen LogP contribution in [-0.4, -0.2) is 10.9 Å². The Hall–Kier alpha value is -2.08. The second-order valence-corrected chi connectivity index (χ2v) is 6.31. The van der Waals surface area contributed by atoms with Crippen LogP contribution in [-0.2, 0) is 0 Å². The molecule has 1 fully saturated rings. The highest BCUT2D eigenvalue weighted by atomic mass is 32.1. The van der Waals surface area contributed by atoms with Gasteiger partial charge in [-0.1, -0.05) is 12.0 Å². The quantitative estimate of drug-likeness (QED) is 0.744. The van der Waals surface area contributed by atoms with Crippen molar-refractivity contribution >= 4 is 22.9 Å². The Morgan fingerprint density at radius 3 is 2.77 bits per heavy atom. The third-order valence-corrected chi connectivity index (χ3v) is 4.70. The largest absolute Gasteiger partial charge is 0.405 e. The molecule has 1 aliphatic rings. The molecule has 0 aliphatic heterocycles. The number of nitrogens with zero attached hydrogens (tertiary/aromatic N) is 1. The highest BCUT2D eigenvalue weighted by Crippen LogP contribution is 2.25. The van der Waals surface area contributed by atoms with Gasteiger partial charge in [-0.2, -0.15) is 0 Å². The fraction of sp³-hybridized carbons (Fsp3) is 0.375. The summed E-state index contributed by atoms with van der Waals surface area (Å²) < 4.78 is 0. The van der Waals surface area contributed by atoms with Gasteiger partial charge in [0.1, 0.15) is 0 Å². The fourth-order valence-corrected chi connectivity index (χ4v) is 3.17. The van der Waals surface area contributed by atoms with Crippen LogP contribution in [0.5, 0.6) is 0 Å². The first-order chi connectivity index (χ1) is 10.6. The molecular weight excluding hydrogens is 296 g/mol. The molecule has 118 valence electrons. The SMILES string of the molecule is CC(NC(=O)c1ncc(/C(N)=C/C=C\N)s1)=C1CCCCC1. The highest BCUT2D eigenvalue weighted by molar-refractivity contribution is 7.14. The Kier molecular flexibility index (Phi) is 5.77. The lowest BCUT2D eigenvalue weighted by Crippen LogP contribution is -2.22. The Bertz CT molecular complexity index is 620. The van der Waals surface area contributed by atoms with Crippen molar-refractivity contribution in [2.45, 2.75) is 39.0 Å². The number of aromatic nitrogens is 1. The van der Waals surface area contributed by atoms with Crippen LogP contribution in [0, 0.1) is 0 Å². The monoisotopic (exact) mass is 318 g/mol. The van der Waals surface area contributed by atoms with E-state index in [1.165, 1.54) is 42.4 Å². The Morgan fingerprint density at radius 1 is 1.36 bits per heavy atom. The van der Waals surface area contributed by atoms with E-state index in [4.69, 9.17) is 11.5 Å². The van der Waals surface area contributed by atoms with Gasteiger partial charge in [0.05, 0.1) is 10.6 Å². The van der Waals surface area contributed by atoms with Gasteiger partial charge in [-0.05, 0) is 51.0 Å². The van der Waals surface area contributed by atoms with Crippen molar-refractivity contribution < 1.29 is 4.79 Å². The second-order valence-electron chi connectivity index (χ2n) is 5.28. The lowest BCUT2D eigenvalue weighted by molar-refractivity contribution is 0.0965. The van der Waals surface area contributed by atoms with Crippen LogP contribution in [0.25, 0.3) is 5.70 Å². The molecule has 1 aliphatic carbocycles. The summed E-state index contributed by atoms with van der Waals surface area (Å²) in [6.07, 6.45) is 12.2. The van der Waals surface area contributed by atoms with Crippen molar-refractivity contribution in [3.8, 4) is 0 Å². The minimum atomic E-state index is -0.172. The lowest BCUT2D eigenvalue weighted by atomic mass is 9.93. The van der Waals surface area contributed by atoms with Crippen LogP contribution in [0.1, 0.15) is 53.7 Å². The zero-order valence-electron chi connectivity index (χ0n) is 12.8. The van der Waals surface area contributed by atoms with E-state index in [9.17, 15) is 4.79 Å². The van der Waals surface area contributed by atoms with E-state index in [-0.39, 0.29) is 5.91 Å². The molecule has 2 rings (SSSR count). The summed E-state index contributed by atoms with van der Waals surface area (Å²) in [6, 6.07) is 0. The van der Waals surface area contributed by atoms with Gasteiger partial charge in [0.25, 0.3) is 5.91 Å². The molecule has 0 unspecified atom stereocenters. The molecule has 1 amide bonds. The number of carbonyl (C=O) groups excluding carboxylic acids is 1. The first-order valence-corrected chi connectivity index (χ1v) is 8.23. The van der Waals surface area contributed by atoms with Gasteiger partial charge in [0.15, 0.2) is 5.01 Å². The van der Waals surface area contributed by atoms with E-state index >= 15 is 0 Å². The van der Waals surface area contributed by atoms with E-state index in [1.54, 1.807) is 18.3 Å². The van der Waals surface area contributed by atoms with Gasteiger partial charge in [-0.3, -0.25) is 4.79 Å². The van der Waals surface area contributed by atoms with Crippen LogP contribution in [0.3, 0.4) is 0 Å². The van der Waals surface area contributed by atoms with Crippen LogP contribution >= 0.6 is 11.3 Å². The molecule has 0 saturated heterocycles. The van der Waals surface area contributed by atoms with E-state index in [0.717, 1.165) is 23.4 Å². The highest BCUT2D eigenvalue weighted by Gasteiger charge is 2.15. The van der Waals surface area contributed by atoms with Crippen molar-refractivity contribution in [1.29, 1.82) is 0 Å². The minimum Gasteiger partial charge on any atom is -0.405 e. The third kappa shape index (κ3) is 4.21. The van der Waals surface area contributed by atoms with Crippen molar-refractivity contribution in [3.63, 3.8) is 0 Å². The van der Waals surface area contributed by atoms with E-state index in [1.807, 2.05) is 6.92 Å². The number of thiazole rings is 1. The molecule has 0 aromatic carbocycles. The topological polar surface area (TPSA) is 94.0 Å². The van der Waals surface area contributed by atoms with Gasteiger partial charge in [0.2, 0.25) is 0 Å². The summed E-state index contributed by atoms with van der Waals surface area (Å²) in [5.41, 5.74) is 14.0. The van der Waals surface area contributed by atoms with Crippen molar-refractivity contribution in [1.82, 2.24) is 10.3 Å². The summed E-state index contributed by atoms with van der Waals surface area (Å²) in [7, 11) is 0. The molecule has 1 aromatic rings. The van der Waals surface area contributed by atoms with E-state index in [0.29, 0.717) is 10.7 Å². The van der Waals surface area contributed by atoms with Gasteiger partial charge in [-0.15, -0.1) is 11.3 Å². The number of hydrogen-bond acceptors (Lipinski definition) is 5. The van der Waals surface area contributed by atoms with Crippen molar-refractivity contribution in [2.24, 2.45) is 11.5 Å². The van der Waals surface area contributed by atoms with Crippen LogP contribution < -0.4 is 16.8 Å². The molecule has 0 atom stereocenters. The molecule has 6 heteroatoms. The molecule has 5 N–H and O–H groups in total. The average molecular weight is 318 g/mol. The van der Waals surface area contributed by atoms with Crippen LogP contribution in [0.2, 0.25) is 0 Å². The van der Waals surface area contributed by atoms with Gasteiger partial charge in [0, 0.05) is 11.9 Å². The normalized spacial score (nSPS) is 16.0. The number of rotatable bonds is 4. The maximum atomic E-state index is 12.3. The molecule has 1 saturated carbocycles. The standard InChI is InChI=1S/C16H22N4OS/c1-11(12-6-3-2-4-7-12)20-15(21)16-19-10-14(22-16)13(18)8-5-9-17/h5,8-10H,2-4,6-7,17-18H2,1H3,(H,20,21)/b9-5-,13-8-. The van der Waals surface area contributed by atoms with Crippen molar-refractivity contribution in [2.75, 3.05) is 0 Å². The summed E-state index contributed by atoms with van der Waals surface area (Å²) >= 11 is 1.27. The van der Waals surface area contributed by atoms with Gasteiger partial charge in [-0.25, -0.2) is 4.98 Å². The summed E-state index contributed by atoms with van der Waals surface area (Å²) in [5.74, 6) is -0.172. The molecule has 22 heavy (non-hydrogen) atoms. The molecular formula is C16H22N4OS. The smallest absolute Gasteiger partial charge is 0.284 e. The number of carbonyl (C=O) groups is 1. The third-order valence-electron chi connectivity index (χ3n) is 3.66. The maximum Gasteiger partial charge on any atom is 0.284 e. The number of nitrogens with two attached hydrogens (primary N) is 2. The molecule has 0 spiro atoms.